The van der Waals surface area contributed by atoms with E-state index in [-0.39, 0.29) is 5.95 Å². The van der Waals surface area contributed by atoms with Gasteiger partial charge in [0, 0.05) is 11.4 Å². The number of nitrogens with zero attached hydrogens (tertiary/aromatic N) is 2. The van der Waals surface area contributed by atoms with E-state index in [9.17, 15) is 5.11 Å². The maximum Gasteiger partial charge on any atom is 0.223 e. The van der Waals surface area contributed by atoms with Crippen molar-refractivity contribution < 1.29 is 5.11 Å². The SMILES string of the molecule is Cc1cc2c(NCC3(O)CCC3)nc(N)nc2s1. The number of aryl methyl sites for hydroxylation is 1. The van der Waals surface area contributed by atoms with Crippen molar-refractivity contribution in [2.75, 3.05) is 17.6 Å². The Kier molecular flexibility index (Phi) is 2.64. The van der Waals surface area contributed by atoms with E-state index in [2.05, 4.69) is 15.3 Å². The first kappa shape index (κ1) is 11.7. The van der Waals surface area contributed by atoms with Crippen molar-refractivity contribution in [1.82, 2.24) is 9.97 Å². The van der Waals surface area contributed by atoms with Gasteiger partial charge in [-0.25, -0.2) is 4.98 Å². The van der Waals surface area contributed by atoms with E-state index >= 15 is 0 Å². The summed E-state index contributed by atoms with van der Waals surface area (Å²) < 4.78 is 0. The van der Waals surface area contributed by atoms with Crippen LogP contribution in [0.15, 0.2) is 6.07 Å². The fraction of sp³-hybridized carbons (Fsp3) is 0.500. The number of thiophene rings is 1. The lowest BCUT2D eigenvalue weighted by Crippen LogP contribution is -2.43. The van der Waals surface area contributed by atoms with Gasteiger partial charge in [-0.05, 0) is 32.3 Å². The van der Waals surface area contributed by atoms with E-state index in [1.807, 2.05) is 13.0 Å². The molecule has 1 saturated carbocycles. The summed E-state index contributed by atoms with van der Waals surface area (Å²) >= 11 is 1.60. The highest BCUT2D eigenvalue weighted by Crippen LogP contribution is 2.33. The predicted molar refractivity (Wildman–Crippen MR) is 73.9 cm³/mol. The Balaban J connectivity index is 1.90. The van der Waals surface area contributed by atoms with E-state index in [1.165, 1.54) is 4.88 Å². The fourth-order valence-corrected chi connectivity index (χ4v) is 3.09. The minimum absolute atomic E-state index is 0.271. The number of hydrogen-bond acceptors (Lipinski definition) is 6. The number of nitrogen functional groups attached to an aromatic ring is 1. The Hall–Kier alpha value is -1.40. The third kappa shape index (κ3) is 2.02. The minimum atomic E-state index is -0.572. The quantitative estimate of drug-likeness (QED) is 0.788. The van der Waals surface area contributed by atoms with Gasteiger partial charge in [0.15, 0.2) is 0 Å². The molecular formula is C12H16N4OS. The first-order valence-corrected chi connectivity index (χ1v) is 6.87. The van der Waals surface area contributed by atoms with Crippen LogP contribution in [-0.2, 0) is 0 Å². The summed E-state index contributed by atoms with van der Waals surface area (Å²) in [7, 11) is 0. The number of anilines is 2. The number of hydrogen-bond donors (Lipinski definition) is 3. The maximum absolute atomic E-state index is 10.1. The van der Waals surface area contributed by atoms with Gasteiger partial charge in [-0.1, -0.05) is 0 Å². The Bertz CT molecular complexity index is 591. The molecule has 0 aliphatic heterocycles. The summed E-state index contributed by atoms with van der Waals surface area (Å²) in [5, 5.41) is 14.3. The average molecular weight is 264 g/mol. The van der Waals surface area contributed by atoms with Gasteiger partial charge in [0.05, 0.1) is 11.0 Å². The zero-order chi connectivity index (χ0) is 12.8. The van der Waals surface area contributed by atoms with Crippen LogP contribution in [0.2, 0.25) is 0 Å². The molecule has 0 spiro atoms. The molecule has 5 nitrogen and oxygen atoms in total. The van der Waals surface area contributed by atoms with Gasteiger partial charge in [-0.15, -0.1) is 11.3 Å². The topological polar surface area (TPSA) is 84.1 Å². The first-order chi connectivity index (χ1) is 8.56. The highest BCUT2D eigenvalue weighted by atomic mass is 32.1. The van der Waals surface area contributed by atoms with Crippen molar-refractivity contribution in [3.63, 3.8) is 0 Å². The van der Waals surface area contributed by atoms with Crippen LogP contribution in [0.3, 0.4) is 0 Å². The molecule has 18 heavy (non-hydrogen) atoms. The number of nitrogens with one attached hydrogen (secondary N) is 1. The highest BCUT2D eigenvalue weighted by Gasteiger charge is 2.34. The fourth-order valence-electron chi connectivity index (χ4n) is 2.20. The van der Waals surface area contributed by atoms with E-state index in [4.69, 9.17) is 5.73 Å². The van der Waals surface area contributed by atoms with E-state index < -0.39 is 5.60 Å². The van der Waals surface area contributed by atoms with Crippen LogP contribution in [-0.4, -0.2) is 27.2 Å². The molecule has 96 valence electrons. The largest absolute Gasteiger partial charge is 0.388 e. The second kappa shape index (κ2) is 4.07. The molecule has 2 aromatic rings. The lowest BCUT2D eigenvalue weighted by molar-refractivity contribution is -0.0202. The van der Waals surface area contributed by atoms with Crippen molar-refractivity contribution in [2.45, 2.75) is 31.8 Å². The molecule has 1 fully saturated rings. The molecule has 0 radical (unpaired) electrons. The smallest absolute Gasteiger partial charge is 0.223 e. The van der Waals surface area contributed by atoms with Crippen LogP contribution in [0.4, 0.5) is 11.8 Å². The summed E-state index contributed by atoms with van der Waals surface area (Å²) in [6.45, 7) is 2.55. The van der Waals surface area contributed by atoms with Crippen LogP contribution in [0.5, 0.6) is 0 Å². The predicted octanol–water partition coefficient (Wildman–Crippen LogP) is 1.91. The lowest BCUT2D eigenvalue weighted by atomic mass is 9.80. The highest BCUT2D eigenvalue weighted by molar-refractivity contribution is 7.18. The monoisotopic (exact) mass is 264 g/mol. The van der Waals surface area contributed by atoms with Crippen molar-refractivity contribution >= 4 is 33.3 Å². The van der Waals surface area contributed by atoms with Gasteiger partial charge < -0.3 is 16.2 Å². The molecule has 6 heteroatoms. The Labute approximate surface area is 109 Å². The third-order valence-electron chi connectivity index (χ3n) is 3.40. The van der Waals surface area contributed by atoms with E-state index in [0.717, 1.165) is 35.3 Å². The van der Waals surface area contributed by atoms with Crippen molar-refractivity contribution in [2.24, 2.45) is 0 Å². The molecule has 0 atom stereocenters. The molecule has 0 unspecified atom stereocenters. The molecule has 4 N–H and O–H groups in total. The molecule has 2 aromatic heterocycles. The van der Waals surface area contributed by atoms with E-state index in [1.54, 1.807) is 11.3 Å². The summed E-state index contributed by atoms with van der Waals surface area (Å²) in [5.41, 5.74) is 5.13. The molecule has 1 aliphatic carbocycles. The molecule has 0 bridgehead atoms. The second-order valence-corrected chi connectivity index (χ2v) is 6.17. The van der Waals surface area contributed by atoms with Crippen molar-refractivity contribution in [3.05, 3.63) is 10.9 Å². The van der Waals surface area contributed by atoms with Crippen molar-refractivity contribution in [3.8, 4) is 0 Å². The summed E-state index contributed by atoms with van der Waals surface area (Å²) in [6, 6.07) is 2.05. The summed E-state index contributed by atoms with van der Waals surface area (Å²) in [4.78, 5) is 10.5. The molecule has 0 amide bonds. The number of aromatic nitrogens is 2. The molecule has 0 aromatic carbocycles. The summed E-state index contributed by atoms with van der Waals surface area (Å²) in [5.74, 6) is 0.995. The van der Waals surface area contributed by atoms with Gasteiger partial charge in [0.25, 0.3) is 0 Å². The maximum atomic E-state index is 10.1. The molecular weight excluding hydrogens is 248 g/mol. The molecule has 0 saturated heterocycles. The van der Waals surface area contributed by atoms with Crippen LogP contribution < -0.4 is 11.1 Å². The lowest BCUT2D eigenvalue weighted by Gasteiger charge is -2.36. The van der Waals surface area contributed by atoms with Gasteiger partial charge >= 0.3 is 0 Å². The number of nitrogens with two attached hydrogens (primary N) is 1. The number of rotatable bonds is 3. The van der Waals surface area contributed by atoms with Gasteiger partial charge in [0.2, 0.25) is 5.95 Å². The first-order valence-electron chi connectivity index (χ1n) is 6.06. The van der Waals surface area contributed by atoms with Crippen molar-refractivity contribution in [1.29, 1.82) is 0 Å². The van der Waals surface area contributed by atoms with Crippen LogP contribution in [0.25, 0.3) is 10.2 Å². The Morgan fingerprint density at radius 3 is 2.94 bits per heavy atom. The van der Waals surface area contributed by atoms with Gasteiger partial charge in [0.1, 0.15) is 10.6 Å². The molecule has 2 heterocycles. The zero-order valence-corrected chi connectivity index (χ0v) is 11.0. The molecule has 3 rings (SSSR count). The summed E-state index contributed by atoms with van der Waals surface area (Å²) in [6.07, 6.45) is 2.80. The zero-order valence-electron chi connectivity index (χ0n) is 10.2. The Morgan fingerprint density at radius 1 is 1.50 bits per heavy atom. The van der Waals surface area contributed by atoms with Crippen LogP contribution in [0.1, 0.15) is 24.1 Å². The van der Waals surface area contributed by atoms with Crippen LogP contribution >= 0.6 is 11.3 Å². The van der Waals surface area contributed by atoms with E-state index in [0.29, 0.717) is 6.54 Å². The van der Waals surface area contributed by atoms with Crippen LogP contribution in [0, 0.1) is 6.92 Å². The number of fused-ring (bicyclic) bond motifs is 1. The van der Waals surface area contributed by atoms with Gasteiger partial charge in [-0.3, -0.25) is 0 Å². The minimum Gasteiger partial charge on any atom is -0.388 e. The third-order valence-corrected chi connectivity index (χ3v) is 4.35. The standard InChI is InChI=1S/C12H16N4OS/c1-7-5-8-9(14-6-12(17)3-2-4-12)15-11(13)16-10(8)18-7/h5,17H,2-4,6H2,1H3,(H3,13,14,15,16). The second-order valence-electron chi connectivity index (χ2n) is 4.94. The molecule has 1 aliphatic rings. The Morgan fingerprint density at radius 2 is 2.28 bits per heavy atom. The normalized spacial score (nSPS) is 17.7. The average Bonchev–Trinajstić information content (AvgIpc) is 2.63. The van der Waals surface area contributed by atoms with Gasteiger partial charge in [-0.2, -0.15) is 4.98 Å². The number of aliphatic hydroxyl groups is 1.